The number of carbonyl (C=O) groups is 2. The number of ether oxygens (including phenoxy) is 2. The molecule has 24 heavy (non-hydrogen) atoms. The third-order valence-corrected chi connectivity index (χ3v) is 3.92. The van der Waals surface area contributed by atoms with Gasteiger partial charge in [-0.05, 0) is 32.9 Å². The molecule has 1 saturated heterocycles. The van der Waals surface area contributed by atoms with Crippen LogP contribution in [0.4, 0.5) is 10.5 Å². The molecule has 0 aliphatic carbocycles. The van der Waals surface area contributed by atoms with Crippen LogP contribution >= 0.6 is 0 Å². The monoisotopic (exact) mass is 335 g/mol. The van der Waals surface area contributed by atoms with Gasteiger partial charge in [-0.25, -0.2) is 14.6 Å². The third-order valence-electron chi connectivity index (χ3n) is 3.92. The van der Waals surface area contributed by atoms with Crippen molar-refractivity contribution in [1.29, 1.82) is 0 Å². The number of amides is 1. The van der Waals surface area contributed by atoms with Crippen LogP contribution in [0.25, 0.3) is 0 Å². The molecule has 1 fully saturated rings. The van der Waals surface area contributed by atoms with Crippen LogP contribution in [0.15, 0.2) is 12.1 Å². The van der Waals surface area contributed by atoms with E-state index in [1.165, 1.54) is 6.07 Å². The van der Waals surface area contributed by atoms with Gasteiger partial charge in [-0.3, -0.25) is 0 Å². The maximum absolute atomic E-state index is 12.2. The van der Waals surface area contributed by atoms with E-state index in [1.807, 2.05) is 20.8 Å². The van der Waals surface area contributed by atoms with E-state index in [2.05, 4.69) is 9.88 Å². The molecule has 0 unspecified atom stereocenters. The number of rotatable bonds is 1. The second kappa shape index (κ2) is 5.85. The van der Waals surface area contributed by atoms with Gasteiger partial charge in [-0.1, -0.05) is 0 Å². The van der Waals surface area contributed by atoms with E-state index >= 15 is 0 Å². The topological polar surface area (TPSA) is 92.2 Å². The number of carboxylic acids is 1. The molecule has 0 aromatic carbocycles. The number of carbonyl (C=O) groups excluding carboxylic acids is 1. The molecule has 1 aromatic rings. The molecule has 1 aromatic heterocycles. The van der Waals surface area contributed by atoms with Crippen molar-refractivity contribution in [2.45, 2.75) is 32.4 Å². The van der Waals surface area contributed by atoms with E-state index in [0.717, 1.165) is 5.69 Å². The van der Waals surface area contributed by atoms with Crippen molar-refractivity contribution in [3.63, 3.8) is 0 Å². The van der Waals surface area contributed by atoms with Crippen molar-refractivity contribution in [2.75, 3.05) is 31.1 Å². The van der Waals surface area contributed by atoms with Crippen molar-refractivity contribution < 1.29 is 24.2 Å². The zero-order chi connectivity index (χ0) is 17.5. The fraction of sp³-hybridized carbons (Fsp3) is 0.562. The SMILES string of the molecule is CC(C)(C)OC(=O)N1CCN2c3ccc(C(=O)O)nc3OC[C@@H]2C1. The number of aromatic nitrogens is 1. The summed E-state index contributed by atoms with van der Waals surface area (Å²) in [6.45, 7) is 7.52. The lowest BCUT2D eigenvalue weighted by atomic mass is 10.1. The van der Waals surface area contributed by atoms with Crippen LogP contribution in [0.5, 0.6) is 5.88 Å². The molecule has 1 atom stereocenters. The number of hydrogen-bond donors (Lipinski definition) is 1. The maximum atomic E-state index is 12.2. The van der Waals surface area contributed by atoms with E-state index < -0.39 is 11.6 Å². The highest BCUT2D eigenvalue weighted by molar-refractivity contribution is 5.86. The predicted molar refractivity (Wildman–Crippen MR) is 85.6 cm³/mol. The van der Waals surface area contributed by atoms with Gasteiger partial charge < -0.3 is 24.4 Å². The standard InChI is InChI=1S/C16H21N3O5/c1-16(2,3)24-15(22)18-6-7-19-10(8-18)9-23-13-12(19)5-4-11(17-13)14(20)21/h4-5,10H,6-9H2,1-3H3,(H,20,21)/t10-/m0/s1. The van der Waals surface area contributed by atoms with Gasteiger partial charge in [0, 0.05) is 19.6 Å². The molecule has 0 bridgehead atoms. The summed E-state index contributed by atoms with van der Waals surface area (Å²) in [5.74, 6) is -0.755. The summed E-state index contributed by atoms with van der Waals surface area (Å²) in [6.07, 6.45) is -0.327. The van der Waals surface area contributed by atoms with Crippen LogP contribution < -0.4 is 9.64 Å². The molecular formula is C16H21N3O5. The van der Waals surface area contributed by atoms with Gasteiger partial charge >= 0.3 is 12.1 Å². The van der Waals surface area contributed by atoms with Crippen LogP contribution in [-0.4, -0.2) is 64.9 Å². The van der Waals surface area contributed by atoms with Crippen molar-refractivity contribution in [3.8, 4) is 5.88 Å². The zero-order valence-corrected chi connectivity index (χ0v) is 14.0. The quantitative estimate of drug-likeness (QED) is 0.833. The average Bonchev–Trinajstić information content (AvgIpc) is 2.51. The fourth-order valence-corrected chi connectivity index (χ4v) is 2.86. The summed E-state index contributed by atoms with van der Waals surface area (Å²) in [7, 11) is 0. The minimum Gasteiger partial charge on any atom is -0.477 e. The lowest BCUT2D eigenvalue weighted by Crippen LogP contribution is -2.59. The Kier molecular flexibility index (Phi) is 3.98. The Morgan fingerprint density at radius 3 is 2.75 bits per heavy atom. The molecule has 1 N–H and O–H groups in total. The van der Waals surface area contributed by atoms with Gasteiger partial charge in [0.15, 0.2) is 5.69 Å². The molecule has 2 aliphatic rings. The van der Waals surface area contributed by atoms with Gasteiger partial charge in [-0.2, -0.15) is 0 Å². The van der Waals surface area contributed by atoms with Gasteiger partial charge in [0.05, 0.1) is 6.04 Å². The Labute approximate surface area is 140 Å². The van der Waals surface area contributed by atoms with Gasteiger partial charge in [0.2, 0.25) is 5.88 Å². The largest absolute Gasteiger partial charge is 0.477 e. The van der Waals surface area contributed by atoms with Crippen LogP contribution in [-0.2, 0) is 4.74 Å². The Morgan fingerprint density at radius 1 is 1.33 bits per heavy atom. The highest BCUT2D eigenvalue weighted by Crippen LogP contribution is 2.34. The van der Waals surface area contributed by atoms with E-state index in [1.54, 1.807) is 11.0 Å². The Bertz CT molecular complexity index is 670. The first-order chi connectivity index (χ1) is 11.2. The average molecular weight is 335 g/mol. The van der Waals surface area contributed by atoms with Gasteiger partial charge in [0.25, 0.3) is 0 Å². The number of pyridine rings is 1. The normalized spacial score (nSPS) is 19.9. The van der Waals surface area contributed by atoms with Crippen molar-refractivity contribution in [2.24, 2.45) is 0 Å². The molecule has 8 nitrogen and oxygen atoms in total. The highest BCUT2D eigenvalue weighted by atomic mass is 16.6. The number of hydrogen-bond acceptors (Lipinski definition) is 6. The highest BCUT2D eigenvalue weighted by Gasteiger charge is 2.36. The maximum Gasteiger partial charge on any atom is 0.410 e. The summed E-state index contributed by atoms with van der Waals surface area (Å²) >= 11 is 0. The van der Waals surface area contributed by atoms with E-state index in [-0.39, 0.29) is 17.8 Å². The minimum absolute atomic E-state index is 0.00348. The Hall–Kier alpha value is -2.51. The van der Waals surface area contributed by atoms with Gasteiger partial charge in [0.1, 0.15) is 17.9 Å². The van der Waals surface area contributed by atoms with Crippen molar-refractivity contribution in [3.05, 3.63) is 17.8 Å². The van der Waals surface area contributed by atoms with Gasteiger partial charge in [-0.15, -0.1) is 0 Å². The van der Waals surface area contributed by atoms with Crippen LogP contribution in [0.1, 0.15) is 31.3 Å². The summed E-state index contributed by atoms with van der Waals surface area (Å²) in [5, 5.41) is 9.02. The molecule has 3 rings (SSSR count). The number of anilines is 1. The lowest BCUT2D eigenvalue weighted by molar-refractivity contribution is 0.0193. The molecule has 8 heteroatoms. The van der Waals surface area contributed by atoms with E-state index in [4.69, 9.17) is 14.6 Å². The molecule has 130 valence electrons. The molecule has 1 amide bonds. The van der Waals surface area contributed by atoms with Crippen molar-refractivity contribution >= 4 is 17.7 Å². The summed E-state index contributed by atoms with van der Waals surface area (Å²) < 4.78 is 11.0. The summed E-state index contributed by atoms with van der Waals surface area (Å²) in [5.41, 5.74) is 0.195. The third kappa shape index (κ3) is 3.22. The van der Waals surface area contributed by atoms with Crippen LogP contribution in [0, 0.1) is 0 Å². The second-order valence-corrected chi connectivity index (χ2v) is 6.91. The number of aromatic carboxylic acids is 1. The summed E-state index contributed by atoms with van der Waals surface area (Å²) in [4.78, 5) is 31.1. The van der Waals surface area contributed by atoms with E-state index in [9.17, 15) is 9.59 Å². The zero-order valence-electron chi connectivity index (χ0n) is 14.0. The summed E-state index contributed by atoms with van der Waals surface area (Å²) in [6, 6.07) is 3.17. The lowest BCUT2D eigenvalue weighted by Gasteiger charge is -2.45. The Morgan fingerprint density at radius 2 is 2.08 bits per heavy atom. The number of piperazine rings is 1. The van der Waals surface area contributed by atoms with E-state index in [0.29, 0.717) is 32.1 Å². The van der Waals surface area contributed by atoms with Crippen LogP contribution in [0.3, 0.4) is 0 Å². The second-order valence-electron chi connectivity index (χ2n) is 6.91. The molecule has 0 radical (unpaired) electrons. The molecule has 3 heterocycles. The first-order valence-electron chi connectivity index (χ1n) is 7.86. The minimum atomic E-state index is -1.08. The fourth-order valence-electron chi connectivity index (χ4n) is 2.86. The molecular weight excluding hydrogens is 314 g/mol. The molecule has 0 spiro atoms. The first kappa shape index (κ1) is 16.4. The van der Waals surface area contributed by atoms with Crippen molar-refractivity contribution in [1.82, 2.24) is 9.88 Å². The number of carboxylic acid groups (broad SMARTS) is 1. The molecule has 0 saturated carbocycles. The Balaban J connectivity index is 1.73. The first-order valence-corrected chi connectivity index (χ1v) is 7.86. The smallest absolute Gasteiger partial charge is 0.410 e. The number of nitrogens with zero attached hydrogens (tertiary/aromatic N) is 3. The molecule has 2 aliphatic heterocycles. The van der Waals surface area contributed by atoms with Crippen LogP contribution in [0.2, 0.25) is 0 Å². The number of fused-ring (bicyclic) bond motifs is 3. The predicted octanol–water partition coefficient (Wildman–Crippen LogP) is 1.60.